The molecule has 2 aromatic carbocycles. The highest BCUT2D eigenvalue weighted by Crippen LogP contribution is 2.20. The Hall–Kier alpha value is -2.34. The molecule has 5 nitrogen and oxygen atoms in total. The van der Waals surface area contributed by atoms with Gasteiger partial charge in [-0.15, -0.1) is 0 Å². The molecule has 6 heteroatoms. The van der Waals surface area contributed by atoms with Crippen molar-refractivity contribution >= 4 is 33.5 Å². The van der Waals surface area contributed by atoms with Gasteiger partial charge in [0.2, 0.25) is 0 Å². The van der Waals surface area contributed by atoms with Crippen LogP contribution in [0.3, 0.4) is 0 Å². The number of aryl methyl sites for hydroxylation is 1. The Balaban J connectivity index is 2.07. The average molecular weight is 406 g/mol. The molecule has 1 amide bonds. The number of hydrogen-bond donors (Lipinski definition) is 1. The van der Waals surface area contributed by atoms with Gasteiger partial charge in [-0.25, -0.2) is 4.79 Å². The summed E-state index contributed by atoms with van der Waals surface area (Å²) in [7, 11) is 0. The van der Waals surface area contributed by atoms with E-state index in [2.05, 4.69) is 21.2 Å². The van der Waals surface area contributed by atoms with Gasteiger partial charge >= 0.3 is 5.97 Å². The summed E-state index contributed by atoms with van der Waals surface area (Å²) < 4.78 is 11.6. The van der Waals surface area contributed by atoms with Gasteiger partial charge in [0.25, 0.3) is 5.91 Å². The van der Waals surface area contributed by atoms with Crippen molar-refractivity contribution in [1.29, 1.82) is 0 Å². The fraction of sp³-hybridized carbons (Fsp3) is 0.263. The van der Waals surface area contributed by atoms with Gasteiger partial charge in [0.05, 0.1) is 12.2 Å². The number of carbonyl (C=O) groups excluding carboxylic acids is 2. The van der Waals surface area contributed by atoms with Crippen molar-refractivity contribution in [2.45, 2.75) is 26.9 Å². The zero-order valence-corrected chi connectivity index (χ0v) is 15.9. The summed E-state index contributed by atoms with van der Waals surface area (Å²) in [6.07, 6.45) is -0.688. The molecule has 0 bridgehead atoms. The van der Waals surface area contributed by atoms with E-state index >= 15 is 0 Å². The molecule has 0 unspecified atom stereocenters. The normalized spacial score (nSPS) is 11.5. The first-order valence-corrected chi connectivity index (χ1v) is 8.71. The highest BCUT2D eigenvalue weighted by molar-refractivity contribution is 9.10. The topological polar surface area (TPSA) is 64.6 Å². The summed E-state index contributed by atoms with van der Waals surface area (Å²) in [6.45, 7) is 5.56. The predicted molar refractivity (Wildman–Crippen MR) is 100.0 cm³/mol. The number of anilines is 1. The van der Waals surface area contributed by atoms with Gasteiger partial charge in [-0.3, -0.25) is 4.79 Å². The largest absolute Gasteiger partial charge is 0.481 e. The van der Waals surface area contributed by atoms with Crippen LogP contribution in [-0.2, 0) is 9.53 Å². The maximum atomic E-state index is 12.4. The Morgan fingerprint density at radius 2 is 1.84 bits per heavy atom. The number of halogens is 1. The second-order valence-corrected chi connectivity index (χ2v) is 6.37. The first-order chi connectivity index (χ1) is 11.9. The monoisotopic (exact) mass is 405 g/mol. The van der Waals surface area contributed by atoms with Crippen molar-refractivity contribution in [3.8, 4) is 5.75 Å². The minimum atomic E-state index is -0.688. The lowest BCUT2D eigenvalue weighted by atomic mass is 10.1. The zero-order valence-electron chi connectivity index (χ0n) is 14.3. The number of hydrogen-bond acceptors (Lipinski definition) is 4. The van der Waals surface area contributed by atoms with Crippen LogP contribution in [0.1, 0.15) is 29.8 Å². The number of amides is 1. The third kappa shape index (κ3) is 5.32. The molecular formula is C19H20BrNO4. The first-order valence-electron chi connectivity index (χ1n) is 7.91. The van der Waals surface area contributed by atoms with Crippen molar-refractivity contribution < 1.29 is 19.1 Å². The Labute approximate surface area is 155 Å². The standard InChI is InChI=1S/C19H20BrNO4/c1-4-24-19(23)14-6-5-12(2)17(11-14)21-18(22)13(3)25-16-9-7-15(20)8-10-16/h5-11,13H,4H2,1-3H3,(H,21,22)/t13-/m1/s1. The summed E-state index contributed by atoms with van der Waals surface area (Å²) in [4.78, 5) is 24.2. The summed E-state index contributed by atoms with van der Waals surface area (Å²) in [5, 5.41) is 2.80. The van der Waals surface area contributed by atoms with E-state index in [4.69, 9.17) is 9.47 Å². The summed E-state index contributed by atoms with van der Waals surface area (Å²) in [5.74, 6) is -0.118. The maximum absolute atomic E-state index is 12.4. The third-order valence-corrected chi connectivity index (χ3v) is 4.03. The van der Waals surface area contributed by atoms with Gasteiger partial charge in [-0.2, -0.15) is 0 Å². The summed E-state index contributed by atoms with van der Waals surface area (Å²) in [5.41, 5.74) is 1.79. The lowest BCUT2D eigenvalue weighted by Crippen LogP contribution is -2.30. The molecule has 0 aliphatic heterocycles. The van der Waals surface area contributed by atoms with Crippen molar-refractivity contribution in [3.05, 3.63) is 58.1 Å². The quantitative estimate of drug-likeness (QED) is 0.725. The second kappa shape index (κ2) is 8.67. The predicted octanol–water partition coefficient (Wildman–Crippen LogP) is 4.34. The molecule has 2 aromatic rings. The van der Waals surface area contributed by atoms with Gasteiger partial charge in [-0.05, 0) is 62.7 Å². The van der Waals surface area contributed by atoms with E-state index in [0.717, 1.165) is 10.0 Å². The molecule has 0 fully saturated rings. The van der Waals surface area contributed by atoms with E-state index < -0.39 is 12.1 Å². The first kappa shape index (κ1) is 19.0. The second-order valence-electron chi connectivity index (χ2n) is 5.45. The molecule has 0 heterocycles. The molecule has 0 saturated carbocycles. The van der Waals surface area contributed by atoms with Gasteiger partial charge in [0, 0.05) is 10.2 Å². The lowest BCUT2D eigenvalue weighted by molar-refractivity contribution is -0.122. The fourth-order valence-electron chi connectivity index (χ4n) is 2.10. The smallest absolute Gasteiger partial charge is 0.338 e. The Kier molecular flexibility index (Phi) is 6.58. The molecule has 0 aromatic heterocycles. The van der Waals surface area contributed by atoms with Crippen LogP contribution in [-0.4, -0.2) is 24.6 Å². The van der Waals surface area contributed by atoms with Gasteiger partial charge in [0.15, 0.2) is 6.10 Å². The molecule has 132 valence electrons. The van der Waals surface area contributed by atoms with Gasteiger partial charge in [-0.1, -0.05) is 22.0 Å². The van der Waals surface area contributed by atoms with Crippen LogP contribution in [0, 0.1) is 6.92 Å². The molecule has 0 radical (unpaired) electrons. The van der Waals surface area contributed by atoms with E-state index in [1.807, 2.05) is 19.1 Å². The molecule has 0 spiro atoms. The van der Waals surface area contributed by atoms with Crippen molar-refractivity contribution in [2.24, 2.45) is 0 Å². The van der Waals surface area contributed by atoms with Crippen molar-refractivity contribution in [1.82, 2.24) is 0 Å². The molecule has 1 N–H and O–H groups in total. The van der Waals surface area contributed by atoms with E-state index in [9.17, 15) is 9.59 Å². The van der Waals surface area contributed by atoms with Crippen LogP contribution in [0.15, 0.2) is 46.9 Å². The highest BCUT2D eigenvalue weighted by atomic mass is 79.9. The molecule has 2 rings (SSSR count). The van der Waals surface area contributed by atoms with E-state index in [0.29, 0.717) is 23.6 Å². The summed E-state index contributed by atoms with van der Waals surface area (Å²) >= 11 is 3.35. The third-order valence-electron chi connectivity index (χ3n) is 3.50. The molecular weight excluding hydrogens is 386 g/mol. The number of carbonyl (C=O) groups is 2. The van der Waals surface area contributed by atoms with Crippen LogP contribution < -0.4 is 10.1 Å². The average Bonchev–Trinajstić information content (AvgIpc) is 2.59. The molecule has 0 aliphatic carbocycles. The van der Waals surface area contributed by atoms with Crippen molar-refractivity contribution in [2.75, 3.05) is 11.9 Å². The maximum Gasteiger partial charge on any atom is 0.338 e. The van der Waals surface area contributed by atoms with E-state index in [-0.39, 0.29) is 5.91 Å². The zero-order chi connectivity index (χ0) is 18.4. The highest BCUT2D eigenvalue weighted by Gasteiger charge is 2.17. The van der Waals surface area contributed by atoms with Crippen LogP contribution in [0.4, 0.5) is 5.69 Å². The molecule has 1 atom stereocenters. The SMILES string of the molecule is CCOC(=O)c1ccc(C)c(NC(=O)[C@@H](C)Oc2ccc(Br)cc2)c1. The Morgan fingerprint density at radius 3 is 2.48 bits per heavy atom. The number of rotatable bonds is 6. The van der Waals surface area contributed by atoms with Crippen LogP contribution in [0.25, 0.3) is 0 Å². The van der Waals surface area contributed by atoms with Crippen LogP contribution in [0.5, 0.6) is 5.75 Å². The van der Waals surface area contributed by atoms with Crippen molar-refractivity contribution in [3.63, 3.8) is 0 Å². The van der Waals surface area contributed by atoms with E-state index in [1.165, 1.54) is 0 Å². The lowest BCUT2D eigenvalue weighted by Gasteiger charge is -2.16. The van der Waals surface area contributed by atoms with Gasteiger partial charge < -0.3 is 14.8 Å². The number of ether oxygens (including phenoxy) is 2. The number of nitrogens with one attached hydrogen (secondary N) is 1. The fourth-order valence-corrected chi connectivity index (χ4v) is 2.37. The van der Waals surface area contributed by atoms with E-state index in [1.54, 1.807) is 44.2 Å². The number of esters is 1. The number of benzene rings is 2. The van der Waals surface area contributed by atoms with Gasteiger partial charge in [0.1, 0.15) is 5.75 Å². The minimum Gasteiger partial charge on any atom is -0.481 e. The van der Waals surface area contributed by atoms with Crippen LogP contribution in [0.2, 0.25) is 0 Å². The molecule has 0 aliphatic rings. The Morgan fingerprint density at radius 1 is 1.16 bits per heavy atom. The molecule has 0 saturated heterocycles. The minimum absolute atomic E-state index is 0.298. The summed E-state index contributed by atoms with van der Waals surface area (Å²) in [6, 6.07) is 12.3. The van der Waals surface area contributed by atoms with Crippen LogP contribution >= 0.6 is 15.9 Å². The molecule has 25 heavy (non-hydrogen) atoms. The Bertz CT molecular complexity index is 759.